The van der Waals surface area contributed by atoms with Gasteiger partial charge in [0.15, 0.2) is 11.5 Å². The summed E-state index contributed by atoms with van der Waals surface area (Å²) < 4.78 is 10.6. The Morgan fingerprint density at radius 2 is 2.12 bits per heavy atom. The number of nitrogens with zero attached hydrogens (tertiary/aromatic N) is 4. The van der Waals surface area contributed by atoms with Crippen molar-refractivity contribution >= 4 is 22.7 Å². The van der Waals surface area contributed by atoms with Crippen molar-refractivity contribution in [3.63, 3.8) is 0 Å². The molecule has 0 aliphatic rings. The lowest BCUT2D eigenvalue weighted by Gasteiger charge is -2.03. The third-order valence-corrected chi connectivity index (χ3v) is 3.71. The highest BCUT2D eigenvalue weighted by Crippen LogP contribution is 2.20. The summed E-state index contributed by atoms with van der Waals surface area (Å²) in [6.45, 7) is 1.78. The van der Waals surface area contributed by atoms with Crippen LogP contribution in [-0.4, -0.2) is 26.0 Å². The molecule has 0 aliphatic carbocycles. The molecule has 0 atom stereocenters. The predicted octanol–water partition coefficient (Wildman–Crippen LogP) is 3.15. The highest BCUT2D eigenvalue weighted by molar-refractivity contribution is 5.92. The number of benzene rings is 1. The summed E-state index contributed by atoms with van der Waals surface area (Å²) in [7, 11) is 0. The number of anilines is 1. The average molecular weight is 349 g/mol. The summed E-state index contributed by atoms with van der Waals surface area (Å²) >= 11 is 0. The number of aryl methyl sites for hydroxylation is 2. The summed E-state index contributed by atoms with van der Waals surface area (Å²) in [5, 5.41) is 6.71. The number of aromatic nitrogens is 4. The van der Waals surface area contributed by atoms with Crippen molar-refractivity contribution < 1.29 is 13.7 Å². The van der Waals surface area contributed by atoms with Gasteiger partial charge in [0.1, 0.15) is 11.2 Å². The van der Waals surface area contributed by atoms with Gasteiger partial charge >= 0.3 is 0 Å². The van der Waals surface area contributed by atoms with Crippen molar-refractivity contribution in [2.45, 2.75) is 19.8 Å². The van der Waals surface area contributed by atoms with Gasteiger partial charge in [-0.05, 0) is 24.3 Å². The Morgan fingerprint density at radius 3 is 2.96 bits per heavy atom. The van der Waals surface area contributed by atoms with Crippen LogP contribution >= 0.6 is 0 Å². The van der Waals surface area contributed by atoms with Crippen LogP contribution in [-0.2, 0) is 11.2 Å². The second-order valence-electron chi connectivity index (χ2n) is 5.69. The SMILES string of the molecule is Cc1nc2ccc(NC(=O)CCc3nc(-c4ccccn4)no3)cc2o1. The van der Waals surface area contributed by atoms with Gasteiger partial charge < -0.3 is 14.3 Å². The molecule has 3 aromatic heterocycles. The van der Waals surface area contributed by atoms with Crippen molar-refractivity contribution in [2.24, 2.45) is 0 Å². The van der Waals surface area contributed by atoms with Crippen LogP contribution in [0.1, 0.15) is 18.2 Å². The van der Waals surface area contributed by atoms with Gasteiger partial charge in [-0.25, -0.2) is 4.98 Å². The Morgan fingerprint density at radius 1 is 1.19 bits per heavy atom. The van der Waals surface area contributed by atoms with E-state index in [0.29, 0.717) is 41.0 Å². The average Bonchev–Trinajstić information content (AvgIpc) is 3.26. The lowest BCUT2D eigenvalue weighted by molar-refractivity contribution is -0.116. The number of carbonyl (C=O) groups is 1. The summed E-state index contributed by atoms with van der Waals surface area (Å²) in [5.41, 5.74) is 2.67. The van der Waals surface area contributed by atoms with E-state index < -0.39 is 0 Å². The van der Waals surface area contributed by atoms with Crippen LogP contribution in [0.3, 0.4) is 0 Å². The van der Waals surface area contributed by atoms with E-state index in [1.165, 1.54) is 0 Å². The number of rotatable bonds is 5. The highest BCUT2D eigenvalue weighted by atomic mass is 16.5. The van der Waals surface area contributed by atoms with Crippen LogP contribution in [0.25, 0.3) is 22.6 Å². The van der Waals surface area contributed by atoms with Crippen LogP contribution in [0.2, 0.25) is 0 Å². The number of carbonyl (C=O) groups excluding carboxylic acids is 1. The van der Waals surface area contributed by atoms with Gasteiger partial charge in [0, 0.05) is 37.7 Å². The molecule has 130 valence electrons. The maximum atomic E-state index is 12.1. The van der Waals surface area contributed by atoms with Crippen molar-refractivity contribution in [1.29, 1.82) is 0 Å². The van der Waals surface area contributed by atoms with Crippen molar-refractivity contribution in [1.82, 2.24) is 20.1 Å². The van der Waals surface area contributed by atoms with Gasteiger partial charge in [-0.1, -0.05) is 11.2 Å². The molecule has 8 nitrogen and oxygen atoms in total. The lowest BCUT2D eigenvalue weighted by Crippen LogP contribution is -2.12. The fourth-order valence-electron chi connectivity index (χ4n) is 2.52. The van der Waals surface area contributed by atoms with E-state index in [1.807, 2.05) is 12.1 Å². The Hall–Kier alpha value is -3.55. The summed E-state index contributed by atoms with van der Waals surface area (Å²) in [5.74, 6) is 1.23. The minimum atomic E-state index is -0.154. The molecule has 0 unspecified atom stereocenters. The first-order chi connectivity index (χ1) is 12.7. The van der Waals surface area contributed by atoms with Crippen LogP contribution in [0.4, 0.5) is 5.69 Å². The lowest BCUT2D eigenvalue weighted by atomic mass is 10.2. The summed E-state index contributed by atoms with van der Waals surface area (Å²) in [6.07, 6.45) is 2.22. The minimum Gasteiger partial charge on any atom is -0.441 e. The molecule has 4 rings (SSSR count). The van der Waals surface area contributed by atoms with Crippen molar-refractivity contribution in [3.05, 3.63) is 54.4 Å². The van der Waals surface area contributed by atoms with Crippen molar-refractivity contribution in [3.8, 4) is 11.5 Å². The Bertz CT molecular complexity index is 1060. The summed E-state index contributed by atoms with van der Waals surface area (Å²) in [4.78, 5) is 24.8. The third-order valence-electron chi connectivity index (χ3n) is 3.71. The Labute approximate surface area is 148 Å². The fourth-order valence-corrected chi connectivity index (χ4v) is 2.52. The molecule has 3 heterocycles. The van der Waals surface area contributed by atoms with Gasteiger partial charge in [0.25, 0.3) is 0 Å². The molecule has 1 aromatic carbocycles. The second kappa shape index (κ2) is 6.75. The van der Waals surface area contributed by atoms with Crippen LogP contribution in [0, 0.1) is 6.92 Å². The third kappa shape index (κ3) is 3.44. The smallest absolute Gasteiger partial charge is 0.227 e. The number of hydrogen-bond acceptors (Lipinski definition) is 7. The van der Waals surface area contributed by atoms with Crippen LogP contribution < -0.4 is 5.32 Å². The molecule has 0 saturated heterocycles. The van der Waals surface area contributed by atoms with E-state index in [0.717, 1.165) is 5.52 Å². The molecule has 0 radical (unpaired) electrons. The molecule has 8 heteroatoms. The number of pyridine rings is 1. The number of nitrogens with one attached hydrogen (secondary N) is 1. The zero-order chi connectivity index (χ0) is 17.9. The molecule has 1 N–H and O–H groups in total. The standard InChI is InChI=1S/C18H15N5O3/c1-11-20-13-6-5-12(10-15(13)25-11)21-16(24)7-8-17-22-18(23-26-17)14-4-2-3-9-19-14/h2-6,9-10H,7-8H2,1H3,(H,21,24). The summed E-state index contributed by atoms with van der Waals surface area (Å²) in [6, 6.07) is 10.8. The van der Waals surface area contributed by atoms with E-state index in [9.17, 15) is 4.79 Å². The maximum Gasteiger partial charge on any atom is 0.227 e. The zero-order valence-electron chi connectivity index (χ0n) is 14.0. The van der Waals surface area contributed by atoms with Gasteiger partial charge in [0.05, 0.1) is 0 Å². The fraction of sp³-hybridized carbons (Fsp3) is 0.167. The Kier molecular flexibility index (Phi) is 4.14. The van der Waals surface area contributed by atoms with E-state index in [-0.39, 0.29) is 12.3 Å². The molecule has 26 heavy (non-hydrogen) atoms. The number of hydrogen-bond donors (Lipinski definition) is 1. The molecule has 0 bridgehead atoms. The normalized spacial score (nSPS) is 11.0. The molecule has 4 aromatic rings. The molecule has 0 spiro atoms. The van der Waals surface area contributed by atoms with Gasteiger partial charge in [-0.15, -0.1) is 0 Å². The van der Waals surface area contributed by atoms with Gasteiger partial charge in [-0.3, -0.25) is 9.78 Å². The monoisotopic (exact) mass is 349 g/mol. The maximum absolute atomic E-state index is 12.1. The molecular formula is C18H15N5O3. The Balaban J connectivity index is 1.37. The van der Waals surface area contributed by atoms with E-state index >= 15 is 0 Å². The first-order valence-corrected chi connectivity index (χ1v) is 8.08. The predicted molar refractivity (Wildman–Crippen MR) is 93.2 cm³/mol. The van der Waals surface area contributed by atoms with Crippen LogP contribution in [0.5, 0.6) is 0 Å². The van der Waals surface area contributed by atoms with Crippen molar-refractivity contribution in [2.75, 3.05) is 5.32 Å². The molecule has 0 fully saturated rings. The first kappa shape index (κ1) is 15.9. The van der Waals surface area contributed by atoms with Crippen LogP contribution in [0.15, 0.2) is 51.5 Å². The van der Waals surface area contributed by atoms with E-state index in [1.54, 1.807) is 37.4 Å². The first-order valence-electron chi connectivity index (χ1n) is 8.08. The molecule has 0 aliphatic heterocycles. The largest absolute Gasteiger partial charge is 0.441 e. The second-order valence-corrected chi connectivity index (χ2v) is 5.69. The zero-order valence-corrected chi connectivity index (χ0v) is 14.0. The van der Waals surface area contributed by atoms with Gasteiger partial charge in [0.2, 0.25) is 17.6 Å². The van der Waals surface area contributed by atoms with E-state index in [4.69, 9.17) is 8.94 Å². The van der Waals surface area contributed by atoms with E-state index in [2.05, 4.69) is 25.4 Å². The molecular weight excluding hydrogens is 334 g/mol. The minimum absolute atomic E-state index is 0.154. The number of fused-ring (bicyclic) bond motifs is 1. The molecule has 0 saturated carbocycles. The number of amides is 1. The number of oxazole rings is 1. The quantitative estimate of drug-likeness (QED) is 0.589. The van der Waals surface area contributed by atoms with Gasteiger partial charge in [-0.2, -0.15) is 4.98 Å². The molecule has 1 amide bonds. The topological polar surface area (TPSA) is 107 Å². The highest BCUT2D eigenvalue weighted by Gasteiger charge is 2.12.